The Morgan fingerprint density at radius 3 is 1.26 bits per heavy atom. The Labute approximate surface area is 270 Å². The fraction of sp³-hybridized carbons (Fsp3) is 0.842. The van der Waals surface area contributed by atoms with Crippen LogP contribution in [-0.4, -0.2) is 44.6 Å². The molecule has 1 aromatic carbocycles. The van der Waals surface area contributed by atoms with Crippen LogP contribution in [0, 0.1) is 0 Å². The lowest BCUT2D eigenvalue weighted by Gasteiger charge is -2.28. The summed E-state index contributed by atoms with van der Waals surface area (Å²) in [7, 11) is 0.353. The molecule has 43 heavy (non-hydrogen) atoms. The Bertz CT molecular complexity index is 837. The second kappa shape index (κ2) is 28.6. The van der Waals surface area contributed by atoms with Gasteiger partial charge in [-0.2, -0.15) is 0 Å². The lowest BCUT2D eigenvalue weighted by Crippen LogP contribution is -2.39. The van der Waals surface area contributed by atoms with Crippen LogP contribution in [0.1, 0.15) is 180 Å². The summed E-state index contributed by atoms with van der Waals surface area (Å²) < 4.78 is 34.7. The second-order valence-corrected chi connectivity index (χ2v) is 14.9. The first kappa shape index (κ1) is 42.1. The van der Waals surface area contributed by atoms with Crippen LogP contribution in [0.3, 0.4) is 0 Å². The van der Waals surface area contributed by atoms with Gasteiger partial charge in [0.15, 0.2) is 0 Å². The van der Waals surface area contributed by atoms with Crippen LogP contribution in [-0.2, 0) is 16.5 Å². The molecule has 1 aromatic rings. The molecule has 0 saturated carbocycles. The third-order valence-electron chi connectivity index (χ3n) is 9.01. The molecular weight excluding hydrogens is 550 g/mol. The van der Waals surface area contributed by atoms with Gasteiger partial charge in [-0.1, -0.05) is 167 Å². The van der Waals surface area contributed by atoms with Gasteiger partial charge in [0, 0.05) is 0 Å². The number of benzene rings is 1. The van der Waals surface area contributed by atoms with Crippen LogP contribution >= 0.6 is 0 Å². The molecule has 4 nitrogen and oxygen atoms in total. The zero-order valence-electron chi connectivity index (χ0n) is 29.5. The zero-order chi connectivity index (χ0) is 32.1. The molecule has 0 amide bonds. The topological polar surface area (TPSA) is 57.2 Å². The van der Waals surface area contributed by atoms with Crippen molar-refractivity contribution in [3.05, 3.63) is 29.8 Å². The average molecular weight is 624 g/mol. The number of quaternary nitrogens is 1. The maximum absolute atomic E-state index is 11.2. The van der Waals surface area contributed by atoms with Gasteiger partial charge >= 0.3 is 0 Å². The predicted octanol–water partition coefficient (Wildman–Crippen LogP) is 11.6. The smallest absolute Gasteiger partial charge is 0.124 e. The molecule has 0 aliphatic carbocycles. The minimum Gasteiger partial charge on any atom is -0.744 e. The van der Waals surface area contributed by atoms with Crippen molar-refractivity contribution >= 4 is 10.1 Å². The van der Waals surface area contributed by atoms with Crippen LogP contribution in [0.25, 0.3) is 0 Å². The van der Waals surface area contributed by atoms with Gasteiger partial charge < -0.3 is 9.04 Å². The molecule has 1 rings (SSSR count). The van der Waals surface area contributed by atoms with Gasteiger partial charge in [0.05, 0.1) is 32.1 Å². The quantitative estimate of drug-likeness (QED) is 0.0530. The first-order valence-electron chi connectivity index (χ1n) is 18.5. The van der Waals surface area contributed by atoms with E-state index in [9.17, 15) is 13.0 Å². The van der Waals surface area contributed by atoms with E-state index in [1.165, 1.54) is 165 Å². The average Bonchev–Trinajstić information content (AvgIpc) is 2.98. The standard InChI is InChI=1S/C20H44N.C18H30O3S/c1-5-7-8-9-10-11-12-13-14-15-16-17-18-19-20-21(3,4)6-2;1-2-3-4-5-6-7-8-9-10-11-14-17-15-12-13-16-18(17)22(19,20)21/h5-20H2,1-4H3;12-13,15-16H,2-11,14H2,1H3,(H,19,20,21)/q+1;/p-1. The van der Waals surface area contributed by atoms with Gasteiger partial charge in [-0.25, -0.2) is 8.42 Å². The highest BCUT2D eigenvalue weighted by Crippen LogP contribution is 2.19. The Morgan fingerprint density at radius 1 is 0.535 bits per heavy atom. The van der Waals surface area contributed by atoms with E-state index in [0.717, 1.165) is 12.8 Å². The van der Waals surface area contributed by atoms with Crippen LogP contribution in [0.5, 0.6) is 0 Å². The summed E-state index contributed by atoms with van der Waals surface area (Å²) in [6.07, 6.45) is 33.6. The molecule has 0 aromatic heterocycles. The summed E-state index contributed by atoms with van der Waals surface area (Å²) in [6, 6.07) is 6.56. The molecule has 0 saturated heterocycles. The minimum absolute atomic E-state index is 0.0501. The highest BCUT2D eigenvalue weighted by molar-refractivity contribution is 7.85. The van der Waals surface area contributed by atoms with Gasteiger partial charge in [-0.3, -0.25) is 0 Å². The molecule has 0 fully saturated rings. The van der Waals surface area contributed by atoms with Crippen molar-refractivity contribution in [2.75, 3.05) is 27.2 Å². The van der Waals surface area contributed by atoms with E-state index in [-0.39, 0.29) is 4.90 Å². The highest BCUT2D eigenvalue weighted by Gasteiger charge is 2.10. The van der Waals surface area contributed by atoms with Crippen molar-refractivity contribution in [1.29, 1.82) is 0 Å². The molecule has 0 radical (unpaired) electrons. The van der Waals surface area contributed by atoms with Gasteiger partial charge in [-0.15, -0.1) is 0 Å². The number of nitrogens with zero attached hydrogens (tertiary/aromatic N) is 1. The Balaban J connectivity index is 0.000000822. The summed E-state index contributed by atoms with van der Waals surface area (Å²) in [4.78, 5) is -0.0501. The number of hydrogen-bond donors (Lipinski definition) is 0. The van der Waals surface area contributed by atoms with Crippen molar-refractivity contribution in [3.63, 3.8) is 0 Å². The maximum atomic E-state index is 11.2. The fourth-order valence-corrected chi connectivity index (χ4v) is 6.39. The van der Waals surface area contributed by atoms with Crippen molar-refractivity contribution in [2.45, 2.75) is 186 Å². The Hall–Kier alpha value is -0.910. The first-order valence-corrected chi connectivity index (χ1v) is 19.9. The minimum atomic E-state index is -4.35. The molecule has 0 N–H and O–H groups in total. The maximum Gasteiger partial charge on any atom is 0.124 e. The van der Waals surface area contributed by atoms with E-state index in [2.05, 4.69) is 34.9 Å². The third kappa shape index (κ3) is 27.1. The summed E-state index contributed by atoms with van der Waals surface area (Å²) in [5.41, 5.74) is 0.664. The lowest BCUT2D eigenvalue weighted by atomic mass is 10.0. The monoisotopic (exact) mass is 624 g/mol. The molecule has 0 atom stereocenters. The summed E-state index contributed by atoms with van der Waals surface area (Å²) in [6.45, 7) is 9.44. The SMILES string of the molecule is CCCCCCCCCCCCCCCC[N+](C)(C)CC.CCCCCCCCCCCCc1ccccc1S(=O)(=O)[O-]. The molecule has 5 heteroatoms. The molecule has 0 aliphatic rings. The van der Waals surface area contributed by atoms with E-state index in [4.69, 9.17) is 0 Å². The fourth-order valence-electron chi connectivity index (χ4n) is 5.65. The predicted molar refractivity (Wildman–Crippen MR) is 188 cm³/mol. The molecular formula is C38H73NO3S. The van der Waals surface area contributed by atoms with E-state index in [0.29, 0.717) is 12.0 Å². The Morgan fingerprint density at radius 2 is 0.884 bits per heavy atom. The molecule has 0 unspecified atom stereocenters. The first-order chi connectivity index (χ1) is 20.7. The molecule has 254 valence electrons. The largest absolute Gasteiger partial charge is 0.744 e. The van der Waals surface area contributed by atoms with Crippen LogP contribution in [0.2, 0.25) is 0 Å². The van der Waals surface area contributed by atoms with E-state index < -0.39 is 10.1 Å². The van der Waals surface area contributed by atoms with E-state index >= 15 is 0 Å². The van der Waals surface area contributed by atoms with Crippen LogP contribution in [0.15, 0.2) is 29.2 Å². The summed E-state index contributed by atoms with van der Waals surface area (Å²) >= 11 is 0. The normalized spacial score (nSPS) is 11.9. The van der Waals surface area contributed by atoms with Gasteiger partial charge in [-0.05, 0) is 44.2 Å². The Kier molecular flexibility index (Phi) is 28.0. The number of unbranched alkanes of at least 4 members (excludes halogenated alkanes) is 22. The summed E-state index contributed by atoms with van der Waals surface area (Å²) in [5.74, 6) is 0. The second-order valence-electron chi connectivity index (χ2n) is 13.6. The molecule has 0 bridgehead atoms. The number of rotatable bonds is 28. The van der Waals surface area contributed by atoms with Gasteiger partial charge in [0.1, 0.15) is 10.1 Å². The van der Waals surface area contributed by atoms with Gasteiger partial charge in [0.25, 0.3) is 0 Å². The highest BCUT2D eigenvalue weighted by atomic mass is 32.2. The van der Waals surface area contributed by atoms with Crippen molar-refractivity contribution in [1.82, 2.24) is 0 Å². The molecule has 0 spiro atoms. The van der Waals surface area contributed by atoms with Crippen LogP contribution in [0.4, 0.5) is 0 Å². The number of aryl methyl sites for hydroxylation is 1. The lowest BCUT2D eigenvalue weighted by molar-refractivity contribution is -0.888. The van der Waals surface area contributed by atoms with Crippen LogP contribution < -0.4 is 0 Å². The van der Waals surface area contributed by atoms with Crippen molar-refractivity contribution in [2.24, 2.45) is 0 Å². The van der Waals surface area contributed by atoms with E-state index in [1.807, 2.05) is 0 Å². The molecule has 0 aliphatic heterocycles. The van der Waals surface area contributed by atoms with Crippen molar-refractivity contribution in [3.8, 4) is 0 Å². The molecule has 0 heterocycles. The van der Waals surface area contributed by atoms with E-state index in [1.54, 1.807) is 18.2 Å². The number of hydrogen-bond acceptors (Lipinski definition) is 3. The van der Waals surface area contributed by atoms with Crippen molar-refractivity contribution < 1.29 is 17.5 Å². The zero-order valence-corrected chi connectivity index (χ0v) is 30.3. The third-order valence-corrected chi connectivity index (χ3v) is 9.95. The summed E-state index contributed by atoms with van der Waals surface area (Å²) in [5, 5.41) is 0. The van der Waals surface area contributed by atoms with Gasteiger partial charge in [0.2, 0.25) is 0 Å².